The van der Waals surface area contributed by atoms with Crippen LogP contribution in [0.4, 0.5) is 0 Å². The van der Waals surface area contributed by atoms with Crippen LogP contribution < -0.4 is 0 Å². The molecule has 1 aliphatic heterocycles. The molecule has 0 bridgehead atoms. The molecule has 4 aromatic rings. The molecule has 7 nitrogen and oxygen atoms in total. The number of hydrogen-bond acceptors (Lipinski definition) is 5. The molecule has 218 valence electrons. The van der Waals surface area contributed by atoms with Gasteiger partial charge in [0.05, 0.1) is 10.8 Å². The Hall–Kier alpha value is -3.62. The van der Waals surface area contributed by atoms with E-state index in [0.29, 0.717) is 41.2 Å². The highest BCUT2D eigenvalue weighted by Crippen LogP contribution is 2.32. The topological polar surface area (TPSA) is 71.3 Å². The van der Waals surface area contributed by atoms with Crippen LogP contribution in [0.25, 0.3) is 17.1 Å². The summed E-state index contributed by atoms with van der Waals surface area (Å²) in [5, 5.41) is 10.1. The maximum atomic E-state index is 13.3. The molecule has 1 aromatic heterocycles. The summed E-state index contributed by atoms with van der Waals surface area (Å²) in [6, 6.07) is 25.3. The van der Waals surface area contributed by atoms with Gasteiger partial charge in [-0.05, 0) is 61.7 Å². The lowest BCUT2D eigenvalue weighted by Gasteiger charge is -2.40. The van der Waals surface area contributed by atoms with Crippen molar-refractivity contribution in [2.45, 2.75) is 50.7 Å². The number of carbonyl (C=O) groups excluding carboxylic acids is 2. The molecule has 3 aromatic carbocycles. The predicted molar refractivity (Wildman–Crippen MR) is 169 cm³/mol. The molecule has 1 fully saturated rings. The van der Waals surface area contributed by atoms with Gasteiger partial charge in [-0.2, -0.15) is 0 Å². The van der Waals surface area contributed by atoms with Gasteiger partial charge in [0.1, 0.15) is 0 Å². The van der Waals surface area contributed by atoms with E-state index in [-0.39, 0.29) is 23.6 Å². The molecule has 0 aliphatic carbocycles. The van der Waals surface area contributed by atoms with Gasteiger partial charge in [-0.15, -0.1) is 10.2 Å². The van der Waals surface area contributed by atoms with Crippen molar-refractivity contribution in [1.29, 1.82) is 0 Å². The Labute approximate surface area is 256 Å². The number of nitrogens with zero attached hydrogens (tertiary/aromatic N) is 5. The van der Waals surface area contributed by atoms with Crippen LogP contribution in [0.2, 0.25) is 5.02 Å². The minimum atomic E-state index is -0.0794. The number of halogens is 1. The minimum Gasteiger partial charge on any atom is -0.338 e. The van der Waals surface area contributed by atoms with Crippen LogP contribution in [0, 0.1) is 0 Å². The highest BCUT2D eigenvalue weighted by atomic mass is 35.5. The first-order chi connectivity index (χ1) is 20.5. The first-order valence-corrected chi connectivity index (χ1v) is 15.9. The summed E-state index contributed by atoms with van der Waals surface area (Å²) >= 11 is 7.85. The lowest BCUT2D eigenvalue weighted by molar-refractivity contribution is -0.130. The zero-order valence-corrected chi connectivity index (χ0v) is 25.7. The molecule has 9 heteroatoms. The number of aromatic nitrogens is 3. The maximum absolute atomic E-state index is 13.3. The molecule has 0 radical (unpaired) electrons. The lowest BCUT2D eigenvalue weighted by atomic mass is 10.0. The summed E-state index contributed by atoms with van der Waals surface area (Å²) in [6.07, 6.45) is 4.63. The van der Waals surface area contributed by atoms with Crippen molar-refractivity contribution in [2.75, 3.05) is 25.4 Å². The van der Waals surface area contributed by atoms with Gasteiger partial charge in [-0.1, -0.05) is 85.6 Å². The van der Waals surface area contributed by atoms with E-state index < -0.39 is 0 Å². The zero-order chi connectivity index (χ0) is 29.5. The normalized spacial score (nSPS) is 15.2. The zero-order valence-electron chi connectivity index (χ0n) is 24.1. The third-order valence-electron chi connectivity index (χ3n) is 7.60. The molecule has 1 unspecified atom stereocenters. The van der Waals surface area contributed by atoms with Crippen molar-refractivity contribution in [3.05, 3.63) is 95.0 Å². The molecule has 42 heavy (non-hydrogen) atoms. The molecule has 5 rings (SSSR count). The van der Waals surface area contributed by atoms with Gasteiger partial charge in [0.25, 0.3) is 5.91 Å². The second-order valence-corrected chi connectivity index (χ2v) is 11.9. The first kappa shape index (κ1) is 29.9. The van der Waals surface area contributed by atoms with Crippen LogP contribution in [0.15, 0.2) is 84.0 Å². The maximum Gasteiger partial charge on any atom is 0.254 e. The highest BCUT2D eigenvalue weighted by molar-refractivity contribution is 7.99. The summed E-state index contributed by atoms with van der Waals surface area (Å²) in [4.78, 5) is 30.3. The average molecular weight is 602 g/mol. The van der Waals surface area contributed by atoms with Crippen molar-refractivity contribution < 1.29 is 9.59 Å². The van der Waals surface area contributed by atoms with Gasteiger partial charge in [-0.3, -0.25) is 14.2 Å². The Kier molecular flexibility index (Phi) is 9.97. The Morgan fingerprint density at radius 3 is 2.38 bits per heavy atom. The standard InChI is InChI=1S/C33H36ClN5O2S/c1-3-4-6-11-25-16-18-26(19-17-25)32(41)38-21-20-37(22-24(38)2)30(40)23-42-33-36-35-31(28-14-9-10-15-29(28)34)39(33)27-12-7-5-8-13-27/h5,7-10,12-19,24H,3-4,6,11,20-23H2,1-2H3. The fourth-order valence-corrected chi connectivity index (χ4v) is 6.33. The van der Waals surface area contributed by atoms with Gasteiger partial charge in [0.2, 0.25) is 5.91 Å². The van der Waals surface area contributed by atoms with E-state index in [9.17, 15) is 9.59 Å². The van der Waals surface area contributed by atoms with Gasteiger partial charge >= 0.3 is 0 Å². The number of amides is 2. The summed E-state index contributed by atoms with van der Waals surface area (Å²) in [5.41, 5.74) is 3.63. The molecular formula is C33H36ClN5O2S. The lowest BCUT2D eigenvalue weighted by Crippen LogP contribution is -2.55. The van der Waals surface area contributed by atoms with Crippen molar-refractivity contribution in [3.63, 3.8) is 0 Å². The third kappa shape index (κ3) is 6.88. The number of benzene rings is 3. The Balaban J connectivity index is 1.22. The molecule has 0 N–H and O–H groups in total. The number of aryl methyl sites for hydroxylation is 1. The monoisotopic (exact) mass is 601 g/mol. The number of thioether (sulfide) groups is 1. The van der Waals surface area contributed by atoms with Crippen LogP contribution in [0.3, 0.4) is 0 Å². The summed E-state index contributed by atoms with van der Waals surface area (Å²) in [7, 11) is 0. The van der Waals surface area contributed by atoms with Crippen LogP contribution in [-0.4, -0.2) is 67.8 Å². The molecule has 1 saturated heterocycles. The van der Waals surface area contributed by atoms with E-state index in [1.54, 1.807) is 0 Å². The van der Waals surface area contributed by atoms with Crippen LogP contribution in [0.1, 0.15) is 49.0 Å². The molecule has 1 aliphatic rings. The van der Waals surface area contributed by atoms with E-state index in [1.807, 2.05) is 88.0 Å². The number of para-hydroxylation sites is 1. The quantitative estimate of drug-likeness (QED) is 0.148. The number of hydrogen-bond donors (Lipinski definition) is 0. The second-order valence-electron chi connectivity index (χ2n) is 10.6. The van der Waals surface area contributed by atoms with E-state index >= 15 is 0 Å². The van der Waals surface area contributed by atoms with Crippen molar-refractivity contribution in [2.24, 2.45) is 0 Å². The number of carbonyl (C=O) groups is 2. The summed E-state index contributed by atoms with van der Waals surface area (Å²) in [5.74, 6) is 0.870. The van der Waals surface area contributed by atoms with E-state index in [4.69, 9.17) is 11.6 Å². The molecule has 2 amide bonds. The van der Waals surface area contributed by atoms with Crippen molar-refractivity contribution in [3.8, 4) is 17.1 Å². The van der Waals surface area contributed by atoms with Crippen LogP contribution in [0.5, 0.6) is 0 Å². The largest absolute Gasteiger partial charge is 0.338 e. The SMILES string of the molecule is CCCCCc1ccc(C(=O)N2CCN(C(=O)CSc3nnc(-c4ccccc4Cl)n3-c3ccccc3)CC2C)cc1. The van der Waals surface area contributed by atoms with E-state index in [0.717, 1.165) is 17.7 Å². The second kappa shape index (κ2) is 14.0. The predicted octanol–water partition coefficient (Wildman–Crippen LogP) is 6.79. The molecule has 0 saturated carbocycles. The number of rotatable bonds is 10. The fraction of sp³-hybridized carbons (Fsp3) is 0.333. The van der Waals surface area contributed by atoms with E-state index in [1.165, 1.54) is 36.6 Å². The minimum absolute atomic E-state index is 0.0114. The Morgan fingerprint density at radius 1 is 0.929 bits per heavy atom. The number of piperazine rings is 1. The van der Waals surface area contributed by atoms with Gasteiger partial charge in [0.15, 0.2) is 11.0 Å². The van der Waals surface area contributed by atoms with Crippen molar-refractivity contribution in [1.82, 2.24) is 24.6 Å². The van der Waals surface area contributed by atoms with E-state index in [2.05, 4.69) is 29.3 Å². The molecule has 0 spiro atoms. The Morgan fingerprint density at radius 2 is 1.67 bits per heavy atom. The summed E-state index contributed by atoms with van der Waals surface area (Å²) in [6.45, 7) is 5.71. The smallest absolute Gasteiger partial charge is 0.254 e. The number of unbranched alkanes of at least 4 members (excludes halogenated alkanes) is 2. The first-order valence-electron chi connectivity index (χ1n) is 14.5. The van der Waals surface area contributed by atoms with Gasteiger partial charge < -0.3 is 9.80 Å². The molecule has 2 heterocycles. The third-order valence-corrected chi connectivity index (χ3v) is 8.84. The van der Waals surface area contributed by atoms with Gasteiger partial charge in [0, 0.05) is 42.5 Å². The highest BCUT2D eigenvalue weighted by Gasteiger charge is 2.30. The molecular weight excluding hydrogens is 566 g/mol. The van der Waals surface area contributed by atoms with Gasteiger partial charge in [-0.25, -0.2) is 0 Å². The Bertz CT molecular complexity index is 1510. The summed E-state index contributed by atoms with van der Waals surface area (Å²) < 4.78 is 1.94. The van der Waals surface area contributed by atoms with Crippen LogP contribution in [-0.2, 0) is 11.2 Å². The van der Waals surface area contributed by atoms with Crippen LogP contribution >= 0.6 is 23.4 Å². The van der Waals surface area contributed by atoms with Crippen molar-refractivity contribution >= 4 is 35.2 Å². The average Bonchev–Trinajstić information content (AvgIpc) is 3.44. The molecule has 1 atom stereocenters. The fourth-order valence-electron chi connectivity index (χ4n) is 5.25.